The molecule has 2 atom stereocenters. The summed E-state index contributed by atoms with van der Waals surface area (Å²) in [6, 6.07) is 3.21. The maximum Gasteiger partial charge on any atom is 0.175 e. The van der Waals surface area contributed by atoms with Crippen molar-refractivity contribution in [1.82, 2.24) is 5.32 Å². The zero-order valence-electron chi connectivity index (χ0n) is 9.37. The van der Waals surface area contributed by atoms with E-state index in [4.69, 9.17) is 4.74 Å². The van der Waals surface area contributed by atoms with Crippen molar-refractivity contribution in [3.63, 3.8) is 0 Å². The van der Waals surface area contributed by atoms with E-state index in [9.17, 15) is 13.6 Å². The van der Waals surface area contributed by atoms with Gasteiger partial charge in [-0.2, -0.15) is 0 Å². The van der Waals surface area contributed by atoms with E-state index in [-0.39, 0.29) is 12.6 Å². The summed E-state index contributed by atoms with van der Waals surface area (Å²) >= 11 is 0. The van der Waals surface area contributed by atoms with Gasteiger partial charge in [0.1, 0.15) is 11.6 Å². The summed E-state index contributed by atoms with van der Waals surface area (Å²) in [5.41, 5.74) is -0.469. The van der Waals surface area contributed by atoms with Crippen LogP contribution < -0.4 is 5.32 Å². The Morgan fingerprint density at radius 1 is 1.35 bits per heavy atom. The summed E-state index contributed by atoms with van der Waals surface area (Å²) < 4.78 is 32.1. The maximum atomic E-state index is 13.5. The minimum Gasteiger partial charge on any atom is -0.379 e. The lowest BCUT2D eigenvalue weighted by Crippen LogP contribution is -2.37. The van der Waals surface area contributed by atoms with E-state index in [0.29, 0.717) is 6.61 Å². The van der Waals surface area contributed by atoms with Crippen molar-refractivity contribution < 1.29 is 18.3 Å². The molecule has 5 heteroatoms. The molecule has 2 rings (SSSR count). The van der Waals surface area contributed by atoms with Gasteiger partial charge in [0.05, 0.1) is 24.7 Å². The van der Waals surface area contributed by atoms with Crippen LogP contribution >= 0.6 is 0 Å². The number of carbonyl (C=O) groups is 1. The molecule has 0 spiro atoms. The Labute approximate surface area is 97.8 Å². The summed E-state index contributed by atoms with van der Waals surface area (Å²) in [5.74, 6) is -2.72. The van der Waals surface area contributed by atoms with Crippen molar-refractivity contribution in [1.29, 1.82) is 0 Å². The fraction of sp³-hybridized carbons (Fsp3) is 0.417. The summed E-state index contributed by atoms with van der Waals surface area (Å²) in [6.07, 6.45) is 0. The zero-order chi connectivity index (χ0) is 12.4. The molecular formula is C12H13F2NO2. The van der Waals surface area contributed by atoms with E-state index in [1.165, 1.54) is 6.07 Å². The normalized spacial score (nSPS) is 23.9. The molecule has 1 aromatic carbocycles. The second kappa shape index (κ2) is 4.89. The lowest BCUT2D eigenvalue weighted by atomic mass is 9.93. The van der Waals surface area contributed by atoms with Gasteiger partial charge in [0.25, 0.3) is 0 Å². The van der Waals surface area contributed by atoms with Crippen LogP contribution in [0.4, 0.5) is 8.78 Å². The van der Waals surface area contributed by atoms with Gasteiger partial charge in [0, 0.05) is 6.04 Å². The Bertz CT molecular complexity index is 416. The van der Waals surface area contributed by atoms with Crippen molar-refractivity contribution in [3.05, 3.63) is 35.4 Å². The van der Waals surface area contributed by atoms with Gasteiger partial charge in [-0.1, -0.05) is 6.07 Å². The van der Waals surface area contributed by atoms with Crippen LogP contribution in [0.15, 0.2) is 18.2 Å². The molecule has 1 N–H and O–H groups in total. The molecule has 1 fully saturated rings. The van der Waals surface area contributed by atoms with Crippen LogP contribution in [0, 0.1) is 17.6 Å². The highest BCUT2D eigenvalue weighted by molar-refractivity contribution is 5.99. The quantitative estimate of drug-likeness (QED) is 0.812. The average molecular weight is 241 g/mol. The molecule has 0 aromatic heterocycles. The third-order valence-corrected chi connectivity index (χ3v) is 3.00. The number of Topliss-reactive ketones (excluding diaryl/α,β-unsaturated/α-hetero) is 1. The minimum atomic E-state index is -0.822. The smallest absolute Gasteiger partial charge is 0.175 e. The molecule has 0 saturated carbocycles. The molecule has 1 aliphatic rings. The molecule has 1 heterocycles. The number of nitrogens with one attached hydrogen (secondary N) is 1. The first-order valence-corrected chi connectivity index (χ1v) is 5.38. The number of halogens is 2. The Hall–Kier alpha value is -1.33. The van der Waals surface area contributed by atoms with Crippen molar-refractivity contribution >= 4 is 5.78 Å². The predicted molar refractivity (Wildman–Crippen MR) is 57.8 cm³/mol. The van der Waals surface area contributed by atoms with Gasteiger partial charge in [-0.3, -0.25) is 4.79 Å². The Balaban J connectivity index is 2.31. The highest BCUT2D eigenvalue weighted by Crippen LogP contribution is 2.22. The van der Waals surface area contributed by atoms with Crippen molar-refractivity contribution in [2.75, 3.05) is 20.3 Å². The molecular weight excluding hydrogens is 228 g/mol. The van der Waals surface area contributed by atoms with Crippen LogP contribution in [-0.4, -0.2) is 32.1 Å². The van der Waals surface area contributed by atoms with Crippen LogP contribution in [0.1, 0.15) is 10.4 Å². The number of ether oxygens (including phenoxy) is 1. The SMILES string of the molecule is CNC1COCC1C(=O)c1c(F)cccc1F. The van der Waals surface area contributed by atoms with Gasteiger partial charge >= 0.3 is 0 Å². The third-order valence-electron chi connectivity index (χ3n) is 3.00. The lowest BCUT2D eigenvalue weighted by Gasteiger charge is -2.16. The zero-order valence-corrected chi connectivity index (χ0v) is 9.37. The van der Waals surface area contributed by atoms with Crippen LogP contribution in [0.3, 0.4) is 0 Å². The minimum absolute atomic E-state index is 0.193. The Morgan fingerprint density at radius 2 is 2.00 bits per heavy atom. The molecule has 1 saturated heterocycles. The average Bonchev–Trinajstić information content (AvgIpc) is 2.76. The number of carbonyl (C=O) groups excluding carboxylic acids is 1. The fourth-order valence-corrected chi connectivity index (χ4v) is 2.02. The molecule has 0 amide bonds. The largest absolute Gasteiger partial charge is 0.379 e. The van der Waals surface area contributed by atoms with Crippen LogP contribution in [-0.2, 0) is 4.74 Å². The van der Waals surface area contributed by atoms with Crippen molar-refractivity contribution in [2.45, 2.75) is 6.04 Å². The number of benzene rings is 1. The first-order chi connectivity index (χ1) is 8.15. The molecule has 2 unspecified atom stereocenters. The van der Waals surface area contributed by atoms with Gasteiger partial charge in [0.2, 0.25) is 0 Å². The van der Waals surface area contributed by atoms with Gasteiger partial charge in [0.15, 0.2) is 5.78 Å². The fourth-order valence-electron chi connectivity index (χ4n) is 2.02. The molecule has 92 valence electrons. The molecule has 3 nitrogen and oxygen atoms in total. The van der Waals surface area contributed by atoms with E-state index in [0.717, 1.165) is 12.1 Å². The van der Waals surface area contributed by atoms with Crippen molar-refractivity contribution in [2.24, 2.45) is 5.92 Å². The van der Waals surface area contributed by atoms with E-state index >= 15 is 0 Å². The topological polar surface area (TPSA) is 38.3 Å². The van der Waals surface area contributed by atoms with Crippen LogP contribution in [0.2, 0.25) is 0 Å². The maximum absolute atomic E-state index is 13.5. The summed E-state index contributed by atoms with van der Waals surface area (Å²) in [7, 11) is 1.69. The second-order valence-corrected chi connectivity index (χ2v) is 4.00. The molecule has 0 radical (unpaired) electrons. The molecule has 0 aliphatic carbocycles. The lowest BCUT2D eigenvalue weighted by molar-refractivity contribution is 0.0884. The first-order valence-electron chi connectivity index (χ1n) is 5.38. The summed E-state index contributed by atoms with van der Waals surface area (Å²) in [6.45, 7) is 0.571. The number of likely N-dealkylation sites (N-methyl/N-ethyl adjacent to an activating group) is 1. The highest BCUT2D eigenvalue weighted by Gasteiger charge is 2.35. The summed E-state index contributed by atoms with van der Waals surface area (Å²) in [5, 5.41) is 2.91. The van der Waals surface area contributed by atoms with E-state index < -0.39 is 28.9 Å². The first kappa shape index (κ1) is 12.1. The molecule has 17 heavy (non-hydrogen) atoms. The van der Waals surface area contributed by atoms with E-state index in [2.05, 4.69) is 5.32 Å². The van der Waals surface area contributed by atoms with E-state index in [1.807, 2.05) is 0 Å². The standard InChI is InChI=1S/C12H13F2NO2/c1-15-10-6-17-5-7(10)12(16)11-8(13)3-2-4-9(11)14/h2-4,7,10,15H,5-6H2,1H3. The van der Waals surface area contributed by atoms with Gasteiger partial charge in [-0.05, 0) is 19.2 Å². The van der Waals surface area contributed by atoms with E-state index in [1.54, 1.807) is 7.05 Å². The van der Waals surface area contributed by atoms with Crippen LogP contribution in [0.5, 0.6) is 0 Å². The van der Waals surface area contributed by atoms with Crippen LogP contribution in [0.25, 0.3) is 0 Å². The third kappa shape index (κ3) is 2.21. The monoisotopic (exact) mass is 241 g/mol. The molecule has 1 aliphatic heterocycles. The Kier molecular flexibility index (Phi) is 3.49. The van der Waals surface area contributed by atoms with Gasteiger partial charge < -0.3 is 10.1 Å². The Morgan fingerprint density at radius 3 is 2.59 bits per heavy atom. The summed E-state index contributed by atoms with van der Waals surface area (Å²) in [4.78, 5) is 12.1. The number of hydrogen-bond acceptors (Lipinski definition) is 3. The predicted octanol–water partition coefficient (Wildman–Crippen LogP) is 1.38. The second-order valence-electron chi connectivity index (χ2n) is 4.00. The highest BCUT2D eigenvalue weighted by atomic mass is 19.1. The number of ketones is 1. The molecule has 0 bridgehead atoms. The molecule has 1 aromatic rings. The van der Waals surface area contributed by atoms with Gasteiger partial charge in [-0.15, -0.1) is 0 Å². The number of rotatable bonds is 3. The number of hydrogen-bond donors (Lipinski definition) is 1. The van der Waals surface area contributed by atoms with Crippen molar-refractivity contribution in [3.8, 4) is 0 Å². The van der Waals surface area contributed by atoms with Gasteiger partial charge in [-0.25, -0.2) is 8.78 Å².